The first kappa shape index (κ1) is 18.2. The molecule has 0 aliphatic rings. The molecule has 134 valence electrons. The lowest BCUT2D eigenvalue weighted by molar-refractivity contribution is 0.470. The van der Waals surface area contributed by atoms with Crippen molar-refractivity contribution < 1.29 is 4.74 Å². The van der Waals surface area contributed by atoms with Crippen LogP contribution in [0, 0.1) is 13.8 Å². The van der Waals surface area contributed by atoms with Gasteiger partial charge in [-0.25, -0.2) is 4.98 Å². The molecule has 4 aromatic rings. The smallest absolute Gasteiger partial charge is 0.244 e. The van der Waals surface area contributed by atoms with Crippen molar-refractivity contribution in [1.82, 2.24) is 14.5 Å². The van der Waals surface area contributed by atoms with Crippen LogP contribution in [0.4, 0.5) is 0 Å². The molecular formula is C21H22ClN3O. The number of nitrogens with zero attached hydrogens (tertiary/aromatic N) is 3. The average molecular weight is 368 g/mol. The Morgan fingerprint density at radius 1 is 1.04 bits per heavy atom. The Balaban J connectivity index is 0.00000196. The molecule has 0 saturated heterocycles. The average Bonchev–Trinajstić information content (AvgIpc) is 2.88. The molecule has 0 fully saturated rings. The van der Waals surface area contributed by atoms with Gasteiger partial charge in [0.15, 0.2) is 0 Å². The Morgan fingerprint density at radius 3 is 2.65 bits per heavy atom. The molecule has 0 radical (unpaired) electrons. The van der Waals surface area contributed by atoms with Crippen molar-refractivity contribution in [2.45, 2.75) is 33.7 Å². The van der Waals surface area contributed by atoms with Gasteiger partial charge in [-0.2, -0.15) is 0 Å². The molecule has 4 nitrogen and oxygen atoms in total. The van der Waals surface area contributed by atoms with Crippen molar-refractivity contribution in [1.29, 1.82) is 0 Å². The normalized spacial score (nSPS) is 10.9. The Morgan fingerprint density at radius 2 is 1.85 bits per heavy atom. The number of fused-ring (bicyclic) bond motifs is 2. The van der Waals surface area contributed by atoms with Crippen LogP contribution < -0.4 is 4.74 Å². The van der Waals surface area contributed by atoms with Crippen LogP contribution >= 0.6 is 12.4 Å². The van der Waals surface area contributed by atoms with Crippen LogP contribution in [0.3, 0.4) is 0 Å². The highest BCUT2D eigenvalue weighted by atomic mass is 35.5. The number of ether oxygens (including phenoxy) is 1. The van der Waals surface area contributed by atoms with E-state index in [1.165, 1.54) is 16.6 Å². The summed E-state index contributed by atoms with van der Waals surface area (Å²) in [4.78, 5) is 8.74. The van der Waals surface area contributed by atoms with Gasteiger partial charge in [0.25, 0.3) is 0 Å². The Kier molecular flexibility index (Phi) is 5.14. The van der Waals surface area contributed by atoms with Crippen LogP contribution in [0.15, 0.2) is 48.9 Å². The minimum absolute atomic E-state index is 0. The zero-order chi connectivity index (χ0) is 17.4. The molecule has 3 heterocycles. The molecule has 0 saturated carbocycles. The molecule has 0 amide bonds. The maximum Gasteiger partial charge on any atom is 0.244 e. The van der Waals surface area contributed by atoms with Crippen LogP contribution in [0.25, 0.3) is 21.7 Å². The molecule has 26 heavy (non-hydrogen) atoms. The van der Waals surface area contributed by atoms with Crippen LogP contribution in [-0.4, -0.2) is 14.5 Å². The van der Waals surface area contributed by atoms with E-state index in [1.54, 1.807) is 6.20 Å². The predicted molar refractivity (Wildman–Crippen MR) is 109 cm³/mol. The highest BCUT2D eigenvalue weighted by Gasteiger charge is 2.16. The molecule has 0 aliphatic heterocycles. The van der Waals surface area contributed by atoms with Crippen LogP contribution in [-0.2, 0) is 6.54 Å². The van der Waals surface area contributed by atoms with Gasteiger partial charge in [-0.3, -0.25) is 4.98 Å². The molecule has 0 atom stereocenters. The summed E-state index contributed by atoms with van der Waals surface area (Å²) >= 11 is 0. The van der Waals surface area contributed by atoms with Crippen molar-refractivity contribution in [2.24, 2.45) is 0 Å². The zero-order valence-corrected chi connectivity index (χ0v) is 16.0. The lowest BCUT2D eigenvalue weighted by atomic mass is 10.1. The summed E-state index contributed by atoms with van der Waals surface area (Å²) in [6, 6.07) is 10.1. The highest BCUT2D eigenvalue weighted by Crippen LogP contribution is 2.35. The van der Waals surface area contributed by atoms with E-state index in [2.05, 4.69) is 41.4 Å². The number of pyridine rings is 2. The molecule has 0 bridgehead atoms. The first-order valence-electron chi connectivity index (χ1n) is 8.65. The molecule has 3 aromatic heterocycles. The van der Waals surface area contributed by atoms with E-state index in [1.807, 2.05) is 36.7 Å². The van der Waals surface area contributed by atoms with Gasteiger partial charge in [0.2, 0.25) is 5.88 Å². The lowest BCUT2D eigenvalue weighted by Gasteiger charge is -2.12. The number of aromatic nitrogens is 3. The van der Waals surface area contributed by atoms with Crippen molar-refractivity contribution in [2.75, 3.05) is 0 Å². The van der Waals surface area contributed by atoms with Crippen molar-refractivity contribution >= 4 is 34.1 Å². The van der Waals surface area contributed by atoms with Crippen LogP contribution in [0.2, 0.25) is 0 Å². The number of aryl methyl sites for hydroxylation is 2. The summed E-state index contributed by atoms with van der Waals surface area (Å²) in [5, 5.41) is 3.31. The van der Waals surface area contributed by atoms with Crippen molar-refractivity contribution in [3.05, 3.63) is 60.2 Å². The van der Waals surface area contributed by atoms with Gasteiger partial charge in [0, 0.05) is 47.0 Å². The minimum atomic E-state index is 0. The fraction of sp³-hybridized carbons (Fsp3) is 0.238. The second-order valence-corrected chi connectivity index (χ2v) is 6.33. The quantitative estimate of drug-likeness (QED) is 0.456. The number of hydrogen-bond acceptors (Lipinski definition) is 3. The van der Waals surface area contributed by atoms with Gasteiger partial charge >= 0.3 is 0 Å². The summed E-state index contributed by atoms with van der Waals surface area (Å²) in [5.74, 6) is 1.46. The number of benzene rings is 1. The van der Waals surface area contributed by atoms with E-state index in [0.717, 1.165) is 35.0 Å². The fourth-order valence-electron chi connectivity index (χ4n) is 3.43. The Labute approximate surface area is 159 Å². The summed E-state index contributed by atoms with van der Waals surface area (Å²) in [5.41, 5.74) is 3.64. The maximum atomic E-state index is 6.30. The van der Waals surface area contributed by atoms with Crippen LogP contribution in [0.1, 0.15) is 24.6 Å². The lowest BCUT2D eigenvalue weighted by Crippen LogP contribution is -2.01. The monoisotopic (exact) mass is 367 g/mol. The van der Waals surface area contributed by atoms with Gasteiger partial charge in [0.05, 0.1) is 0 Å². The van der Waals surface area contributed by atoms with Gasteiger partial charge in [-0.1, -0.05) is 19.1 Å². The molecular weight excluding hydrogens is 346 g/mol. The van der Waals surface area contributed by atoms with Crippen LogP contribution in [0.5, 0.6) is 11.6 Å². The number of halogens is 1. The largest absolute Gasteiger partial charge is 0.436 e. The number of rotatable bonds is 4. The highest BCUT2D eigenvalue weighted by molar-refractivity contribution is 5.91. The number of hydrogen-bond donors (Lipinski definition) is 0. The summed E-state index contributed by atoms with van der Waals surface area (Å²) in [6.07, 6.45) is 6.53. The third kappa shape index (κ3) is 2.90. The summed E-state index contributed by atoms with van der Waals surface area (Å²) in [6.45, 7) is 7.47. The van der Waals surface area contributed by atoms with Crippen molar-refractivity contribution in [3.8, 4) is 11.6 Å². The molecule has 0 N–H and O–H groups in total. The zero-order valence-electron chi connectivity index (χ0n) is 15.2. The molecule has 5 heteroatoms. The topological polar surface area (TPSA) is 39.9 Å². The van der Waals surface area contributed by atoms with E-state index < -0.39 is 0 Å². The standard InChI is InChI=1S/C21H21N3O.ClH/c1-4-12-24-15(3)14(2)17-9-11-23-21(20(17)24)25-19-7-5-6-16-13-22-10-8-18(16)19;/h5-11,13H,4,12H2,1-3H3;1H. The third-order valence-corrected chi connectivity index (χ3v) is 4.81. The SMILES string of the molecule is CCCn1c(C)c(C)c2ccnc(Oc3cccc4cnccc34)c21.Cl. The molecule has 1 aromatic carbocycles. The third-order valence-electron chi connectivity index (χ3n) is 4.81. The fourth-order valence-corrected chi connectivity index (χ4v) is 3.43. The van der Waals surface area contributed by atoms with Gasteiger partial charge in [-0.05, 0) is 44.0 Å². The van der Waals surface area contributed by atoms with Gasteiger partial charge in [0.1, 0.15) is 11.3 Å². The summed E-state index contributed by atoms with van der Waals surface area (Å²) in [7, 11) is 0. The van der Waals surface area contributed by atoms with Crippen molar-refractivity contribution in [3.63, 3.8) is 0 Å². The molecule has 0 unspecified atom stereocenters. The molecule has 0 aliphatic carbocycles. The van der Waals surface area contributed by atoms with Gasteiger partial charge < -0.3 is 9.30 Å². The first-order valence-corrected chi connectivity index (χ1v) is 8.65. The first-order chi connectivity index (χ1) is 12.2. The predicted octanol–water partition coefficient (Wildman–Crippen LogP) is 5.83. The van der Waals surface area contributed by atoms with Gasteiger partial charge in [-0.15, -0.1) is 12.4 Å². The van der Waals surface area contributed by atoms with E-state index in [-0.39, 0.29) is 12.4 Å². The summed E-state index contributed by atoms with van der Waals surface area (Å²) < 4.78 is 8.62. The van der Waals surface area contributed by atoms with E-state index in [4.69, 9.17) is 4.74 Å². The Bertz CT molecular complexity index is 1070. The Hall–Kier alpha value is -2.59. The molecule has 0 spiro atoms. The van der Waals surface area contributed by atoms with E-state index >= 15 is 0 Å². The molecule has 4 rings (SSSR count). The second kappa shape index (κ2) is 7.34. The second-order valence-electron chi connectivity index (χ2n) is 6.33. The minimum Gasteiger partial charge on any atom is -0.436 e. The van der Waals surface area contributed by atoms with E-state index in [0.29, 0.717) is 5.88 Å². The maximum absolute atomic E-state index is 6.30. The van der Waals surface area contributed by atoms with E-state index in [9.17, 15) is 0 Å².